The number of aromatic nitrogens is 2. The Kier molecular flexibility index (Phi) is 3.66. The summed E-state index contributed by atoms with van der Waals surface area (Å²) in [6.45, 7) is 0.225. The molecule has 2 rings (SSSR count). The summed E-state index contributed by atoms with van der Waals surface area (Å²) in [6.07, 6.45) is -1.22. The van der Waals surface area contributed by atoms with Crippen LogP contribution in [0.5, 0.6) is 0 Å². The largest absolute Gasteiger partial charge is 0.418 e. The van der Waals surface area contributed by atoms with Gasteiger partial charge in [0.05, 0.1) is 23.4 Å². The van der Waals surface area contributed by atoms with Crippen molar-refractivity contribution in [3.8, 4) is 6.07 Å². The predicted octanol–water partition coefficient (Wildman–Crippen LogP) is 2.92. The molecule has 2 aromatic rings. The molecule has 0 fully saturated rings. The van der Waals surface area contributed by atoms with E-state index in [0.29, 0.717) is 0 Å². The molecule has 0 amide bonds. The van der Waals surface area contributed by atoms with Crippen molar-refractivity contribution in [1.82, 2.24) is 9.78 Å². The Balaban J connectivity index is 2.25. The van der Waals surface area contributed by atoms with E-state index >= 15 is 0 Å². The van der Waals surface area contributed by atoms with E-state index in [1.54, 1.807) is 30.2 Å². The topological polar surface area (TPSA) is 53.6 Å². The molecular weight excluding hydrogens is 269 g/mol. The van der Waals surface area contributed by atoms with Gasteiger partial charge in [-0.25, -0.2) is 0 Å². The third kappa shape index (κ3) is 3.09. The zero-order valence-corrected chi connectivity index (χ0v) is 10.6. The first-order valence-electron chi connectivity index (χ1n) is 5.73. The second kappa shape index (κ2) is 5.25. The van der Waals surface area contributed by atoms with Crippen molar-refractivity contribution >= 4 is 5.69 Å². The van der Waals surface area contributed by atoms with Gasteiger partial charge >= 0.3 is 6.18 Å². The number of halogens is 3. The highest BCUT2D eigenvalue weighted by Gasteiger charge is 2.33. The monoisotopic (exact) mass is 280 g/mol. The summed E-state index contributed by atoms with van der Waals surface area (Å²) in [7, 11) is 1.73. The van der Waals surface area contributed by atoms with Crippen LogP contribution in [-0.4, -0.2) is 9.78 Å². The van der Waals surface area contributed by atoms with Crippen LogP contribution < -0.4 is 5.32 Å². The maximum atomic E-state index is 12.9. The number of rotatable bonds is 3. The number of hydrogen-bond donors (Lipinski definition) is 1. The molecule has 0 atom stereocenters. The van der Waals surface area contributed by atoms with Crippen molar-refractivity contribution in [2.45, 2.75) is 12.7 Å². The third-order valence-electron chi connectivity index (χ3n) is 2.70. The van der Waals surface area contributed by atoms with E-state index < -0.39 is 11.7 Å². The smallest absolute Gasteiger partial charge is 0.380 e. The van der Waals surface area contributed by atoms with Crippen molar-refractivity contribution in [1.29, 1.82) is 5.26 Å². The van der Waals surface area contributed by atoms with Crippen LogP contribution in [0.3, 0.4) is 0 Å². The Morgan fingerprint density at radius 1 is 1.40 bits per heavy atom. The lowest BCUT2D eigenvalue weighted by Gasteiger charge is -2.14. The quantitative estimate of drug-likeness (QED) is 0.940. The zero-order chi connectivity index (χ0) is 14.8. The van der Waals surface area contributed by atoms with Crippen LogP contribution in [0.25, 0.3) is 0 Å². The summed E-state index contributed by atoms with van der Waals surface area (Å²) in [4.78, 5) is 0. The molecule has 0 bridgehead atoms. The second-order valence-electron chi connectivity index (χ2n) is 4.25. The molecule has 0 aliphatic rings. The Bertz CT molecular complexity index is 652. The van der Waals surface area contributed by atoms with E-state index in [0.717, 1.165) is 11.6 Å². The standard InChI is InChI=1S/C13H11F3N4/c1-20-8-10(7-19-20)6-18-12-3-2-9(5-17)4-11(12)13(14,15)16/h2-4,7-8,18H,6H2,1H3. The molecule has 4 nitrogen and oxygen atoms in total. The fourth-order valence-electron chi connectivity index (χ4n) is 1.76. The van der Waals surface area contributed by atoms with Gasteiger partial charge < -0.3 is 5.32 Å². The van der Waals surface area contributed by atoms with Crippen molar-refractivity contribution in [2.75, 3.05) is 5.32 Å². The van der Waals surface area contributed by atoms with Crippen molar-refractivity contribution < 1.29 is 13.2 Å². The summed E-state index contributed by atoms with van der Waals surface area (Å²) >= 11 is 0. The molecule has 1 aromatic carbocycles. The van der Waals surface area contributed by atoms with Crippen molar-refractivity contribution in [3.05, 3.63) is 47.3 Å². The first-order chi connectivity index (χ1) is 9.40. The number of anilines is 1. The highest BCUT2D eigenvalue weighted by atomic mass is 19.4. The number of alkyl halides is 3. The average molecular weight is 280 g/mol. The molecular formula is C13H11F3N4. The second-order valence-corrected chi connectivity index (χ2v) is 4.25. The van der Waals surface area contributed by atoms with Gasteiger partial charge in [0.15, 0.2) is 0 Å². The average Bonchev–Trinajstić information content (AvgIpc) is 2.81. The van der Waals surface area contributed by atoms with E-state index in [1.165, 1.54) is 12.1 Å². The molecule has 0 saturated carbocycles. The van der Waals surface area contributed by atoms with Gasteiger partial charge in [-0.05, 0) is 18.2 Å². The number of benzene rings is 1. The number of nitrogens with zero attached hydrogens (tertiary/aromatic N) is 3. The summed E-state index contributed by atoms with van der Waals surface area (Å²) < 4.78 is 40.4. The first-order valence-corrected chi connectivity index (χ1v) is 5.73. The van der Waals surface area contributed by atoms with Crippen LogP contribution >= 0.6 is 0 Å². The fraction of sp³-hybridized carbons (Fsp3) is 0.231. The molecule has 0 aliphatic carbocycles. The molecule has 7 heteroatoms. The molecule has 1 heterocycles. The van der Waals surface area contributed by atoms with Crippen LogP contribution in [0, 0.1) is 11.3 Å². The van der Waals surface area contributed by atoms with E-state index in [9.17, 15) is 13.2 Å². The number of aryl methyl sites for hydroxylation is 1. The minimum atomic E-state index is -4.51. The summed E-state index contributed by atoms with van der Waals surface area (Å²) in [5.41, 5.74) is -0.157. The van der Waals surface area contributed by atoms with Crippen LogP contribution in [0.2, 0.25) is 0 Å². The highest BCUT2D eigenvalue weighted by Crippen LogP contribution is 2.35. The Morgan fingerprint density at radius 3 is 2.70 bits per heavy atom. The van der Waals surface area contributed by atoms with Gasteiger partial charge in [-0.2, -0.15) is 23.5 Å². The van der Waals surface area contributed by atoms with E-state index in [2.05, 4.69) is 10.4 Å². The molecule has 1 aromatic heterocycles. The lowest BCUT2D eigenvalue weighted by molar-refractivity contribution is -0.137. The van der Waals surface area contributed by atoms with E-state index in [4.69, 9.17) is 5.26 Å². The maximum Gasteiger partial charge on any atom is 0.418 e. The van der Waals surface area contributed by atoms with E-state index in [1.807, 2.05) is 0 Å². The lowest BCUT2D eigenvalue weighted by atomic mass is 10.1. The van der Waals surface area contributed by atoms with Crippen LogP contribution in [0.4, 0.5) is 18.9 Å². The Labute approximate surface area is 113 Å². The van der Waals surface area contributed by atoms with Gasteiger partial charge in [0.25, 0.3) is 0 Å². The molecule has 0 radical (unpaired) electrons. The number of nitriles is 1. The summed E-state index contributed by atoms with van der Waals surface area (Å²) in [6, 6.07) is 5.15. The first kappa shape index (κ1) is 13.9. The van der Waals surface area contributed by atoms with Crippen molar-refractivity contribution in [2.24, 2.45) is 7.05 Å². The van der Waals surface area contributed by atoms with Gasteiger partial charge in [-0.1, -0.05) is 0 Å². The van der Waals surface area contributed by atoms with Crippen LogP contribution in [0.15, 0.2) is 30.6 Å². The molecule has 20 heavy (non-hydrogen) atoms. The highest BCUT2D eigenvalue weighted by molar-refractivity contribution is 5.56. The molecule has 1 N–H and O–H groups in total. The summed E-state index contributed by atoms with van der Waals surface area (Å²) in [5.74, 6) is 0. The Morgan fingerprint density at radius 2 is 2.15 bits per heavy atom. The predicted molar refractivity (Wildman–Crippen MR) is 66.7 cm³/mol. The van der Waals surface area contributed by atoms with Gasteiger partial charge in [0.1, 0.15) is 0 Å². The van der Waals surface area contributed by atoms with Crippen molar-refractivity contribution in [3.63, 3.8) is 0 Å². The lowest BCUT2D eigenvalue weighted by Crippen LogP contribution is -2.11. The van der Waals surface area contributed by atoms with E-state index in [-0.39, 0.29) is 17.8 Å². The normalized spacial score (nSPS) is 11.2. The van der Waals surface area contributed by atoms with Gasteiger partial charge in [-0.15, -0.1) is 0 Å². The minimum absolute atomic E-state index is 0.0238. The molecule has 104 valence electrons. The minimum Gasteiger partial charge on any atom is -0.380 e. The number of nitrogens with one attached hydrogen (secondary N) is 1. The molecule has 0 aliphatic heterocycles. The Hall–Kier alpha value is -2.49. The SMILES string of the molecule is Cn1cc(CNc2ccc(C#N)cc2C(F)(F)F)cn1. The van der Waals surface area contributed by atoms with Crippen LogP contribution in [-0.2, 0) is 19.8 Å². The maximum absolute atomic E-state index is 12.9. The molecule has 0 unspecified atom stereocenters. The zero-order valence-electron chi connectivity index (χ0n) is 10.6. The van der Waals surface area contributed by atoms with Gasteiger partial charge in [0.2, 0.25) is 0 Å². The van der Waals surface area contributed by atoms with Crippen LogP contribution in [0.1, 0.15) is 16.7 Å². The fourth-order valence-corrected chi connectivity index (χ4v) is 1.76. The third-order valence-corrected chi connectivity index (χ3v) is 2.70. The molecule has 0 saturated heterocycles. The summed E-state index contributed by atoms with van der Waals surface area (Å²) in [5, 5.41) is 15.3. The van der Waals surface area contributed by atoms with Gasteiger partial charge in [0, 0.05) is 31.0 Å². The number of hydrogen-bond acceptors (Lipinski definition) is 3. The molecule has 0 spiro atoms. The van der Waals surface area contributed by atoms with Gasteiger partial charge in [-0.3, -0.25) is 4.68 Å².